The number of hydrogen-bond donors (Lipinski definition) is 0. The molecule has 0 bridgehead atoms. The van der Waals surface area contributed by atoms with Crippen molar-refractivity contribution in [2.45, 2.75) is 31.6 Å². The molecule has 10 heteroatoms. The quantitative estimate of drug-likeness (QED) is 0.593. The molecule has 4 rings (SSSR count). The number of rotatable bonds is 6. The number of nitrogens with zero attached hydrogens (tertiary/aromatic N) is 6. The molecule has 0 atom stereocenters. The van der Waals surface area contributed by atoms with E-state index in [4.69, 9.17) is 4.74 Å². The first-order valence-corrected chi connectivity index (χ1v) is 11.3. The van der Waals surface area contributed by atoms with Crippen LogP contribution in [0.15, 0.2) is 47.9 Å². The fourth-order valence-corrected chi connectivity index (χ4v) is 4.99. The monoisotopic (exact) mass is 428 g/mol. The van der Waals surface area contributed by atoms with Gasteiger partial charge < -0.3 is 4.74 Å². The van der Waals surface area contributed by atoms with Gasteiger partial charge in [-0.15, -0.1) is 0 Å². The van der Waals surface area contributed by atoms with Crippen molar-refractivity contribution in [3.8, 4) is 11.7 Å². The fourth-order valence-electron chi connectivity index (χ4n) is 3.55. The van der Waals surface area contributed by atoms with Gasteiger partial charge in [0.2, 0.25) is 15.9 Å². The Morgan fingerprint density at radius 2 is 1.97 bits per heavy atom. The maximum absolute atomic E-state index is 12.7. The van der Waals surface area contributed by atoms with Crippen molar-refractivity contribution in [2.75, 3.05) is 19.7 Å². The van der Waals surface area contributed by atoms with Crippen LogP contribution in [-0.2, 0) is 10.0 Å². The Labute approximate surface area is 175 Å². The lowest BCUT2D eigenvalue weighted by Gasteiger charge is -2.30. The highest BCUT2D eigenvalue weighted by Gasteiger charge is 2.29. The van der Waals surface area contributed by atoms with E-state index in [0.29, 0.717) is 31.4 Å². The molecule has 158 valence electrons. The summed E-state index contributed by atoms with van der Waals surface area (Å²) in [6.07, 6.45) is 5.88. The van der Waals surface area contributed by atoms with Gasteiger partial charge in [-0.25, -0.2) is 23.1 Å². The Balaban J connectivity index is 1.34. The van der Waals surface area contributed by atoms with E-state index in [-0.39, 0.29) is 10.8 Å². The van der Waals surface area contributed by atoms with E-state index >= 15 is 0 Å². The summed E-state index contributed by atoms with van der Waals surface area (Å²) in [6, 6.07) is 6.96. The Kier molecular flexibility index (Phi) is 5.78. The number of pyridine rings is 1. The topological polar surface area (TPSA) is 103 Å². The molecule has 0 unspecified atom stereocenters. The lowest BCUT2D eigenvalue weighted by Crippen LogP contribution is -2.39. The fraction of sp³-hybridized carbons (Fsp3) is 0.400. The van der Waals surface area contributed by atoms with Gasteiger partial charge in [-0.2, -0.15) is 9.40 Å². The summed E-state index contributed by atoms with van der Waals surface area (Å²) in [6.45, 7) is 5.31. The molecule has 9 nitrogen and oxygen atoms in total. The van der Waals surface area contributed by atoms with Crippen LogP contribution >= 0.6 is 0 Å². The van der Waals surface area contributed by atoms with Crippen LogP contribution in [0.3, 0.4) is 0 Å². The lowest BCUT2D eigenvalue weighted by atomic mass is 9.99. The predicted octanol–water partition coefficient (Wildman–Crippen LogP) is 2.15. The smallest absolute Gasteiger partial charge is 0.244 e. The van der Waals surface area contributed by atoms with E-state index in [9.17, 15) is 8.42 Å². The first kappa shape index (κ1) is 20.4. The average molecular weight is 429 g/mol. The van der Waals surface area contributed by atoms with Crippen LogP contribution in [0.25, 0.3) is 5.82 Å². The summed E-state index contributed by atoms with van der Waals surface area (Å²) in [4.78, 5) is 12.6. The van der Waals surface area contributed by atoms with Gasteiger partial charge in [0.1, 0.15) is 11.2 Å². The van der Waals surface area contributed by atoms with E-state index in [2.05, 4.69) is 20.1 Å². The van der Waals surface area contributed by atoms with Crippen LogP contribution in [0, 0.1) is 19.8 Å². The number of aromatic nitrogens is 5. The van der Waals surface area contributed by atoms with E-state index < -0.39 is 10.0 Å². The van der Waals surface area contributed by atoms with Crippen molar-refractivity contribution in [1.29, 1.82) is 0 Å². The van der Waals surface area contributed by atoms with Crippen molar-refractivity contribution in [2.24, 2.45) is 5.92 Å². The molecule has 0 N–H and O–H groups in total. The molecule has 0 amide bonds. The minimum atomic E-state index is -3.49. The van der Waals surface area contributed by atoms with Gasteiger partial charge >= 0.3 is 0 Å². The van der Waals surface area contributed by atoms with Crippen molar-refractivity contribution >= 4 is 10.0 Å². The normalized spacial score (nSPS) is 15.9. The highest BCUT2D eigenvalue weighted by molar-refractivity contribution is 7.89. The Hall–Kier alpha value is -2.85. The highest BCUT2D eigenvalue weighted by Crippen LogP contribution is 2.24. The second-order valence-electron chi connectivity index (χ2n) is 7.40. The van der Waals surface area contributed by atoms with E-state index in [1.54, 1.807) is 29.1 Å². The molecule has 0 saturated carbocycles. The molecule has 1 aliphatic rings. The number of hydrogen-bond acceptors (Lipinski definition) is 7. The Bertz CT molecular complexity index is 1110. The van der Waals surface area contributed by atoms with Crippen LogP contribution in [0.2, 0.25) is 0 Å². The second-order valence-corrected chi connectivity index (χ2v) is 9.34. The van der Waals surface area contributed by atoms with Crippen LogP contribution in [0.4, 0.5) is 0 Å². The maximum Gasteiger partial charge on any atom is 0.244 e. The van der Waals surface area contributed by atoms with E-state index in [1.165, 1.54) is 16.8 Å². The minimum absolute atomic E-state index is 0.234. The number of ether oxygens (including phenoxy) is 1. The molecule has 1 saturated heterocycles. The first-order valence-electron chi connectivity index (χ1n) is 9.82. The minimum Gasteiger partial charge on any atom is -0.477 e. The molecule has 0 aliphatic carbocycles. The Morgan fingerprint density at radius 1 is 1.17 bits per heavy atom. The lowest BCUT2D eigenvalue weighted by molar-refractivity contribution is 0.180. The third-order valence-corrected chi connectivity index (χ3v) is 7.05. The largest absolute Gasteiger partial charge is 0.477 e. The molecule has 1 aliphatic heterocycles. The van der Waals surface area contributed by atoms with Gasteiger partial charge in [-0.1, -0.05) is 0 Å². The molecule has 1 fully saturated rings. The summed E-state index contributed by atoms with van der Waals surface area (Å²) >= 11 is 0. The zero-order valence-corrected chi connectivity index (χ0v) is 17.8. The molecule has 30 heavy (non-hydrogen) atoms. The van der Waals surface area contributed by atoms with Crippen LogP contribution in [0.5, 0.6) is 5.88 Å². The van der Waals surface area contributed by atoms with E-state index in [0.717, 1.165) is 24.2 Å². The summed E-state index contributed by atoms with van der Waals surface area (Å²) in [7, 11) is -3.49. The third kappa shape index (κ3) is 4.34. The number of aryl methyl sites for hydroxylation is 2. The average Bonchev–Trinajstić information content (AvgIpc) is 3.11. The van der Waals surface area contributed by atoms with Gasteiger partial charge in [0, 0.05) is 37.2 Å². The summed E-state index contributed by atoms with van der Waals surface area (Å²) in [5.74, 6) is 1.40. The summed E-state index contributed by atoms with van der Waals surface area (Å²) in [5, 5.41) is 4.43. The molecule has 0 spiro atoms. The first-order chi connectivity index (χ1) is 14.4. The zero-order valence-electron chi connectivity index (χ0n) is 17.0. The molecular formula is C20H24N6O3S. The standard InChI is InChI=1S/C20H24N6O3S/c1-15-10-16(2)26(24-15)19-11-20(23-14-22-19)29-13-17-5-8-25(9-6-17)30(27,28)18-4-3-7-21-12-18/h3-4,7,10-12,14,17H,5-6,8-9,13H2,1-2H3. The van der Waals surface area contributed by atoms with Crippen LogP contribution in [0.1, 0.15) is 24.2 Å². The zero-order chi connectivity index (χ0) is 21.1. The van der Waals surface area contributed by atoms with Crippen molar-refractivity contribution in [3.63, 3.8) is 0 Å². The molecule has 4 heterocycles. The van der Waals surface area contributed by atoms with Crippen LogP contribution in [-0.4, -0.2) is 57.2 Å². The summed E-state index contributed by atoms with van der Waals surface area (Å²) in [5.41, 5.74) is 1.90. The third-order valence-electron chi connectivity index (χ3n) is 5.17. The molecule has 3 aromatic rings. The number of piperidine rings is 1. The number of sulfonamides is 1. The Morgan fingerprint density at radius 3 is 2.63 bits per heavy atom. The summed E-state index contributed by atoms with van der Waals surface area (Å²) < 4.78 is 34.6. The van der Waals surface area contributed by atoms with Gasteiger partial charge in [-0.05, 0) is 50.8 Å². The van der Waals surface area contributed by atoms with E-state index in [1.807, 2.05) is 19.9 Å². The molecule has 0 aromatic carbocycles. The SMILES string of the molecule is Cc1cc(C)n(-c2cc(OCC3CCN(S(=O)(=O)c4cccnc4)CC3)ncn2)n1. The molecule has 0 radical (unpaired) electrons. The highest BCUT2D eigenvalue weighted by atomic mass is 32.2. The van der Waals surface area contributed by atoms with Gasteiger partial charge in [-0.3, -0.25) is 4.98 Å². The van der Waals surface area contributed by atoms with Gasteiger partial charge in [0.05, 0.1) is 12.3 Å². The molecule has 3 aromatic heterocycles. The predicted molar refractivity (Wildman–Crippen MR) is 110 cm³/mol. The molecular weight excluding hydrogens is 404 g/mol. The van der Waals surface area contributed by atoms with Crippen molar-refractivity contribution < 1.29 is 13.2 Å². The van der Waals surface area contributed by atoms with Crippen LogP contribution < -0.4 is 4.74 Å². The van der Waals surface area contributed by atoms with Gasteiger partial charge in [0.25, 0.3) is 0 Å². The van der Waals surface area contributed by atoms with Crippen molar-refractivity contribution in [1.82, 2.24) is 29.0 Å². The second kappa shape index (κ2) is 8.49. The van der Waals surface area contributed by atoms with Crippen molar-refractivity contribution in [3.05, 3.63) is 54.4 Å². The maximum atomic E-state index is 12.7. The van der Waals surface area contributed by atoms with Gasteiger partial charge in [0.15, 0.2) is 5.82 Å².